The van der Waals surface area contributed by atoms with Gasteiger partial charge in [0, 0.05) is 31.2 Å². The second-order valence-electron chi connectivity index (χ2n) is 4.68. The Balaban J connectivity index is 1.71. The number of nitrogens with two attached hydrogens (primary N) is 1. The summed E-state index contributed by atoms with van der Waals surface area (Å²) in [6.07, 6.45) is 3.82. The number of anilines is 2. The second-order valence-corrected chi connectivity index (χ2v) is 4.68. The van der Waals surface area contributed by atoms with Crippen LogP contribution in [0.5, 0.6) is 0 Å². The molecule has 1 aliphatic heterocycles. The lowest BCUT2D eigenvalue weighted by Gasteiger charge is -2.25. The van der Waals surface area contributed by atoms with Gasteiger partial charge in [-0.05, 0) is 18.2 Å². The first-order valence-electron chi connectivity index (χ1n) is 6.20. The fourth-order valence-electron chi connectivity index (χ4n) is 2.40. The minimum absolute atomic E-state index is 0.634. The third kappa shape index (κ3) is 1.64. The van der Waals surface area contributed by atoms with Crippen LogP contribution in [0.4, 0.5) is 11.7 Å². The van der Waals surface area contributed by atoms with Crippen LogP contribution in [0, 0.1) is 0 Å². The Morgan fingerprint density at radius 2 is 2.21 bits per heavy atom. The molecule has 96 valence electrons. The van der Waals surface area contributed by atoms with Crippen molar-refractivity contribution in [2.45, 2.75) is 13.1 Å². The van der Waals surface area contributed by atoms with Crippen LogP contribution in [0.25, 0.3) is 11.1 Å². The van der Waals surface area contributed by atoms with Gasteiger partial charge < -0.3 is 19.6 Å². The lowest BCUT2D eigenvalue weighted by molar-refractivity contribution is 0.500. The van der Waals surface area contributed by atoms with Gasteiger partial charge in [-0.1, -0.05) is 0 Å². The van der Waals surface area contributed by atoms with E-state index < -0.39 is 0 Å². The molecule has 2 N–H and O–H groups in total. The molecule has 0 bridgehead atoms. The average Bonchev–Trinajstić information content (AvgIpc) is 3.02. The van der Waals surface area contributed by atoms with Gasteiger partial charge in [0.25, 0.3) is 6.01 Å². The zero-order valence-electron chi connectivity index (χ0n) is 10.3. The highest BCUT2D eigenvalue weighted by molar-refractivity contribution is 5.78. The predicted molar refractivity (Wildman–Crippen MR) is 71.7 cm³/mol. The maximum Gasteiger partial charge on any atom is 0.298 e. The van der Waals surface area contributed by atoms with Crippen molar-refractivity contribution in [2.75, 3.05) is 17.2 Å². The molecule has 19 heavy (non-hydrogen) atoms. The summed E-state index contributed by atoms with van der Waals surface area (Å²) in [6, 6.07) is 6.13. The third-order valence-electron chi connectivity index (χ3n) is 3.42. The maximum atomic E-state index is 5.78. The highest BCUT2D eigenvalue weighted by Gasteiger charge is 2.21. The van der Waals surface area contributed by atoms with Gasteiger partial charge in [0.15, 0.2) is 5.58 Å². The third-order valence-corrected chi connectivity index (χ3v) is 3.42. The molecule has 0 amide bonds. The highest BCUT2D eigenvalue weighted by atomic mass is 16.4. The highest BCUT2D eigenvalue weighted by Crippen LogP contribution is 2.25. The summed E-state index contributed by atoms with van der Waals surface area (Å²) in [5.41, 5.74) is 8.01. The SMILES string of the molecule is Nc1ccc2oc(N3CCn4ccnc4C3)nc2c1. The topological polar surface area (TPSA) is 73.1 Å². The van der Waals surface area contributed by atoms with Gasteiger partial charge in [0.05, 0.1) is 6.54 Å². The van der Waals surface area contributed by atoms with Crippen molar-refractivity contribution < 1.29 is 4.42 Å². The molecule has 1 aromatic carbocycles. The van der Waals surface area contributed by atoms with Gasteiger partial charge in [-0.15, -0.1) is 0 Å². The number of aromatic nitrogens is 3. The Morgan fingerprint density at radius 1 is 1.26 bits per heavy atom. The van der Waals surface area contributed by atoms with E-state index in [1.165, 1.54) is 0 Å². The molecule has 4 rings (SSSR count). The lowest BCUT2D eigenvalue weighted by atomic mass is 10.3. The van der Waals surface area contributed by atoms with Crippen molar-refractivity contribution in [1.82, 2.24) is 14.5 Å². The van der Waals surface area contributed by atoms with Crippen molar-refractivity contribution in [2.24, 2.45) is 0 Å². The van der Waals surface area contributed by atoms with E-state index in [-0.39, 0.29) is 0 Å². The molecule has 3 aromatic rings. The summed E-state index contributed by atoms with van der Waals surface area (Å²) in [7, 11) is 0. The van der Waals surface area contributed by atoms with E-state index in [2.05, 4.69) is 19.4 Å². The van der Waals surface area contributed by atoms with Crippen molar-refractivity contribution >= 4 is 22.8 Å². The number of imidazole rings is 1. The van der Waals surface area contributed by atoms with Crippen molar-refractivity contribution in [3.63, 3.8) is 0 Å². The van der Waals surface area contributed by atoms with Crippen LogP contribution >= 0.6 is 0 Å². The number of nitrogens with zero attached hydrogens (tertiary/aromatic N) is 4. The van der Waals surface area contributed by atoms with E-state index in [1.54, 1.807) is 0 Å². The van der Waals surface area contributed by atoms with Crippen molar-refractivity contribution in [1.29, 1.82) is 0 Å². The number of benzene rings is 1. The van der Waals surface area contributed by atoms with E-state index in [0.29, 0.717) is 11.7 Å². The van der Waals surface area contributed by atoms with Gasteiger partial charge in [-0.25, -0.2) is 4.98 Å². The summed E-state index contributed by atoms with van der Waals surface area (Å²) >= 11 is 0. The van der Waals surface area contributed by atoms with Gasteiger partial charge in [-0.2, -0.15) is 4.98 Å². The van der Waals surface area contributed by atoms with E-state index in [9.17, 15) is 0 Å². The van der Waals surface area contributed by atoms with Gasteiger partial charge in [-0.3, -0.25) is 0 Å². The number of oxazole rings is 1. The number of rotatable bonds is 1. The molecule has 0 fully saturated rings. The zero-order valence-corrected chi connectivity index (χ0v) is 10.3. The summed E-state index contributed by atoms with van der Waals surface area (Å²) in [4.78, 5) is 10.9. The quantitative estimate of drug-likeness (QED) is 0.669. The molecule has 6 heteroatoms. The van der Waals surface area contributed by atoms with E-state index in [0.717, 1.165) is 36.6 Å². The fraction of sp³-hybridized carbons (Fsp3) is 0.231. The molecule has 0 aliphatic carbocycles. The van der Waals surface area contributed by atoms with Crippen LogP contribution < -0.4 is 10.6 Å². The molecular weight excluding hydrogens is 242 g/mol. The van der Waals surface area contributed by atoms with Crippen LogP contribution in [0.3, 0.4) is 0 Å². The summed E-state index contributed by atoms with van der Waals surface area (Å²) < 4.78 is 7.93. The monoisotopic (exact) mass is 255 g/mol. The standard InChI is InChI=1S/C13H13N5O/c14-9-1-2-11-10(7-9)16-13(19-11)18-6-5-17-4-3-15-12(17)8-18/h1-4,7H,5-6,8,14H2. The largest absolute Gasteiger partial charge is 0.423 e. The number of hydrogen-bond donors (Lipinski definition) is 1. The van der Waals surface area contributed by atoms with Gasteiger partial charge in [0.1, 0.15) is 11.3 Å². The lowest BCUT2D eigenvalue weighted by Crippen LogP contribution is -2.33. The van der Waals surface area contributed by atoms with Crippen LogP contribution in [-0.4, -0.2) is 21.1 Å². The van der Waals surface area contributed by atoms with Gasteiger partial charge in [0.2, 0.25) is 0 Å². The van der Waals surface area contributed by atoms with Gasteiger partial charge >= 0.3 is 0 Å². The Kier molecular flexibility index (Phi) is 2.05. The van der Waals surface area contributed by atoms with Crippen LogP contribution in [0.15, 0.2) is 35.0 Å². The second kappa shape index (κ2) is 3.74. The summed E-state index contributed by atoms with van der Waals surface area (Å²) in [5.74, 6) is 1.04. The smallest absolute Gasteiger partial charge is 0.298 e. The molecule has 0 saturated carbocycles. The first-order chi connectivity index (χ1) is 9.29. The van der Waals surface area contributed by atoms with E-state index >= 15 is 0 Å². The predicted octanol–water partition coefficient (Wildman–Crippen LogP) is 1.63. The Bertz CT molecular complexity index is 744. The molecular formula is C13H13N5O. The zero-order chi connectivity index (χ0) is 12.8. The maximum absolute atomic E-state index is 5.78. The Hall–Kier alpha value is -2.50. The number of nitrogen functional groups attached to an aromatic ring is 1. The van der Waals surface area contributed by atoms with Crippen LogP contribution in [0.2, 0.25) is 0 Å². The Morgan fingerprint density at radius 3 is 3.16 bits per heavy atom. The summed E-state index contributed by atoms with van der Waals surface area (Å²) in [6.45, 7) is 2.48. The molecule has 0 atom stereocenters. The molecule has 3 heterocycles. The summed E-state index contributed by atoms with van der Waals surface area (Å²) in [5, 5.41) is 0. The van der Waals surface area contributed by atoms with E-state index in [4.69, 9.17) is 10.2 Å². The first-order valence-corrected chi connectivity index (χ1v) is 6.20. The molecule has 0 unspecified atom stereocenters. The van der Waals surface area contributed by atoms with E-state index in [1.807, 2.05) is 30.6 Å². The first kappa shape index (κ1) is 10.4. The number of hydrogen-bond acceptors (Lipinski definition) is 5. The average molecular weight is 255 g/mol. The minimum Gasteiger partial charge on any atom is -0.423 e. The molecule has 0 spiro atoms. The van der Waals surface area contributed by atoms with Crippen LogP contribution in [-0.2, 0) is 13.1 Å². The van der Waals surface area contributed by atoms with Crippen LogP contribution in [0.1, 0.15) is 5.82 Å². The minimum atomic E-state index is 0.634. The van der Waals surface area contributed by atoms with Crippen molar-refractivity contribution in [3.8, 4) is 0 Å². The number of fused-ring (bicyclic) bond motifs is 2. The molecule has 6 nitrogen and oxygen atoms in total. The van der Waals surface area contributed by atoms with Crippen molar-refractivity contribution in [3.05, 3.63) is 36.4 Å². The Labute approximate surface area is 109 Å². The molecule has 0 saturated heterocycles. The molecule has 2 aromatic heterocycles. The molecule has 1 aliphatic rings. The fourth-order valence-corrected chi connectivity index (χ4v) is 2.40. The molecule has 0 radical (unpaired) electrons. The normalized spacial score (nSPS) is 14.8.